The number of nitrogens with zero attached hydrogens (tertiary/aromatic N) is 2. The van der Waals surface area contributed by atoms with E-state index in [1.807, 2.05) is 24.3 Å². The van der Waals surface area contributed by atoms with Crippen LogP contribution in [0.4, 0.5) is 4.39 Å². The highest BCUT2D eigenvalue weighted by Gasteiger charge is 2.26. The first-order valence-corrected chi connectivity index (χ1v) is 6.26. The van der Waals surface area contributed by atoms with Crippen LogP contribution >= 0.6 is 0 Å². The predicted octanol–water partition coefficient (Wildman–Crippen LogP) is 3.02. The summed E-state index contributed by atoms with van der Waals surface area (Å²) in [6, 6.07) is 10.5. The van der Waals surface area contributed by atoms with E-state index in [1.165, 1.54) is 12.3 Å². The van der Waals surface area contributed by atoms with E-state index in [0.29, 0.717) is 11.1 Å². The molecule has 100 valence electrons. The molecule has 4 heteroatoms. The zero-order valence-electron chi connectivity index (χ0n) is 10.9. The lowest BCUT2D eigenvalue weighted by molar-refractivity contribution is 0.102. The number of halogens is 1. The smallest absolute Gasteiger partial charge is 0.141 e. The molecule has 2 aromatic heterocycles. The lowest BCUT2D eigenvalue weighted by Gasteiger charge is -2.24. The topological polar surface area (TPSA) is 46.0 Å². The van der Waals surface area contributed by atoms with Crippen molar-refractivity contribution in [3.8, 4) is 0 Å². The van der Waals surface area contributed by atoms with Gasteiger partial charge in [0.25, 0.3) is 0 Å². The Labute approximate surface area is 115 Å². The molecule has 0 aliphatic carbocycles. The molecule has 1 unspecified atom stereocenters. The Bertz CT molecular complexity index is 771. The zero-order chi connectivity index (χ0) is 14.2. The molecule has 1 aromatic carbocycles. The second-order valence-electron chi connectivity index (χ2n) is 4.87. The third kappa shape index (κ3) is 2.14. The summed E-state index contributed by atoms with van der Waals surface area (Å²) < 4.78 is 13.3. The van der Waals surface area contributed by atoms with Crippen LogP contribution in [0, 0.1) is 5.82 Å². The maximum Gasteiger partial charge on any atom is 0.141 e. The highest BCUT2D eigenvalue weighted by Crippen LogP contribution is 2.30. The van der Waals surface area contributed by atoms with Crippen molar-refractivity contribution in [1.82, 2.24) is 9.97 Å². The molecule has 20 heavy (non-hydrogen) atoms. The number of benzene rings is 1. The van der Waals surface area contributed by atoms with E-state index >= 15 is 0 Å². The van der Waals surface area contributed by atoms with Crippen molar-refractivity contribution in [2.45, 2.75) is 12.5 Å². The second kappa shape index (κ2) is 4.65. The Kier molecular flexibility index (Phi) is 2.95. The van der Waals surface area contributed by atoms with E-state index in [0.717, 1.165) is 17.1 Å². The summed E-state index contributed by atoms with van der Waals surface area (Å²) in [4.78, 5) is 8.03. The summed E-state index contributed by atoms with van der Waals surface area (Å²) in [7, 11) is 0. The molecular weight excluding hydrogens is 255 g/mol. The van der Waals surface area contributed by atoms with Gasteiger partial charge in [-0.2, -0.15) is 0 Å². The van der Waals surface area contributed by atoms with Crippen LogP contribution < -0.4 is 0 Å². The van der Waals surface area contributed by atoms with Gasteiger partial charge >= 0.3 is 0 Å². The summed E-state index contributed by atoms with van der Waals surface area (Å²) >= 11 is 0. The van der Waals surface area contributed by atoms with Crippen LogP contribution in [0.2, 0.25) is 0 Å². The monoisotopic (exact) mass is 268 g/mol. The number of rotatable bonds is 2. The summed E-state index contributed by atoms with van der Waals surface area (Å²) in [5.41, 5.74) is 0.634. The quantitative estimate of drug-likeness (QED) is 0.777. The van der Waals surface area contributed by atoms with Gasteiger partial charge in [0.05, 0.1) is 11.7 Å². The average Bonchev–Trinajstić information content (AvgIpc) is 2.46. The van der Waals surface area contributed by atoms with Gasteiger partial charge in [-0.1, -0.05) is 12.1 Å². The van der Waals surface area contributed by atoms with E-state index in [4.69, 9.17) is 0 Å². The van der Waals surface area contributed by atoms with Gasteiger partial charge in [0.1, 0.15) is 11.4 Å². The summed E-state index contributed by atoms with van der Waals surface area (Å²) in [5, 5.41) is 11.6. The van der Waals surface area contributed by atoms with Crippen LogP contribution in [0.5, 0.6) is 0 Å². The van der Waals surface area contributed by atoms with Crippen molar-refractivity contribution >= 4 is 10.9 Å². The molecule has 3 nitrogen and oxygen atoms in total. The van der Waals surface area contributed by atoms with Gasteiger partial charge < -0.3 is 5.11 Å². The first kappa shape index (κ1) is 12.7. The molecule has 0 aliphatic heterocycles. The third-order valence-electron chi connectivity index (χ3n) is 3.43. The molecule has 1 atom stereocenters. The maximum atomic E-state index is 13.3. The lowest BCUT2D eigenvalue weighted by Crippen LogP contribution is -2.23. The molecule has 3 aromatic rings. The van der Waals surface area contributed by atoms with Crippen LogP contribution in [0.3, 0.4) is 0 Å². The SMILES string of the molecule is CC(O)(c1cncc(F)c1)c1ccc2ncccc2c1. The molecule has 0 aliphatic rings. The number of hydrogen-bond acceptors (Lipinski definition) is 3. The van der Waals surface area contributed by atoms with E-state index in [9.17, 15) is 9.50 Å². The van der Waals surface area contributed by atoms with Crippen molar-refractivity contribution in [3.63, 3.8) is 0 Å². The third-order valence-corrected chi connectivity index (χ3v) is 3.43. The molecule has 0 amide bonds. The molecule has 0 saturated heterocycles. The van der Waals surface area contributed by atoms with Crippen molar-refractivity contribution in [1.29, 1.82) is 0 Å². The fourth-order valence-electron chi connectivity index (χ4n) is 2.22. The molecule has 0 bridgehead atoms. The lowest BCUT2D eigenvalue weighted by atomic mass is 9.88. The Balaban J connectivity index is 2.13. The number of aliphatic hydroxyl groups is 1. The van der Waals surface area contributed by atoms with E-state index in [-0.39, 0.29) is 0 Å². The fourth-order valence-corrected chi connectivity index (χ4v) is 2.22. The van der Waals surface area contributed by atoms with Crippen LogP contribution in [0.1, 0.15) is 18.1 Å². The number of aromatic nitrogens is 2. The minimum atomic E-state index is -1.31. The van der Waals surface area contributed by atoms with Gasteiger partial charge in [0, 0.05) is 23.3 Å². The van der Waals surface area contributed by atoms with E-state index in [2.05, 4.69) is 9.97 Å². The predicted molar refractivity (Wildman–Crippen MR) is 74.6 cm³/mol. The van der Waals surface area contributed by atoms with Crippen molar-refractivity contribution in [2.75, 3.05) is 0 Å². The van der Waals surface area contributed by atoms with Crippen molar-refractivity contribution in [2.24, 2.45) is 0 Å². The molecule has 0 fully saturated rings. The first-order valence-electron chi connectivity index (χ1n) is 6.26. The van der Waals surface area contributed by atoms with Crippen molar-refractivity contribution < 1.29 is 9.50 Å². The number of hydrogen-bond donors (Lipinski definition) is 1. The van der Waals surface area contributed by atoms with Gasteiger partial charge in [0.2, 0.25) is 0 Å². The van der Waals surface area contributed by atoms with E-state index < -0.39 is 11.4 Å². The summed E-state index contributed by atoms with van der Waals surface area (Å²) in [5.74, 6) is -0.467. The molecule has 2 heterocycles. The molecule has 1 N–H and O–H groups in total. The minimum Gasteiger partial charge on any atom is -0.381 e. The normalized spacial score (nSPS) is 14.2. The molecule has 0 radical (unpaired) electrons. The Morgan fingerprint density at radius 3 is 2.75 bits per heavy atom. The van der Waals surface area contributed by atoms with Crippen LogP contribution in [-0.2, 0) is 5.60 Å². The van der Waals surface area contributed by atoms with Crippen LogP contribution in [0.15, 0.2) is 55.0 Å². The highest BCUT2D eigenvalue weighted by molar-refractivity contribution is 5.79. The van der Waals surface area contributed by atoms with Crippen LogP contribution in [0.25, 0.3) is 10.9 Å². The van der Waals surface area contributed by atoms with Gasteiger partial charge in [-0.15, -0.1) is 0 Å². The second-order valence-corrected chi connectivity index (χ2v) is 4.87. The number of fused-ring (bicyclic) bond motifs is 1. The number of pyridine rings is 2. The average molecular weight is 268 g/mol. The standard InChI is InChI=1S/C16H13FN2O/c1-16(20,13-8-14(17)10-18-9-13)12-4-5-15-11(7-12)3-2-6-19-15/h2-10,20H,1H3. The van der Waals surface area contributed by atoms with Gasteiger partial charge in [0.15, 0.2) is 0 Å². The van der Waals surface area contributed by atoms with Gasteiger partial charge in [-0.3, -0.25) is 9.97 Å². The first-order chi connectivity index (χ1) is 9.57. The zero-order valence-corrected chi connectivity index (χ0v) is 10.9. The van der Waals surface area contributed by atoms with Crippen molar-refractivity contribution in [3.05, 3.63) is 71.9 Å². The van der Waals surface area contributed by atoms with Gasteiger partial charge in [-0.25, -0.2) is 4.39 Å². The molecule has 3 rings (SSSR count). The Morgan fingerprint density at radius 2 is 1.95 bits per heavy atom. The van der Waals surface area contributed by atoms with E-state index in [1.54, 1.807) is 19.2 Å². The van der Waals surface area contributed by atoms with Crippen LogP contribution in [-0.4, -0.2) is 15.1 Å². The minimum absolute atomic E-state index is 0.417. The summed E-state index contributed by atoms with van der Waals surface area (Å²) in [6.45, 7) is 1.63. The fraction of sp³-hybridized carbons (Fsp3) is 0.125. The highest BCUT2D eigenvalue weighted by atomic mass is 19.1. The molecular formula is C16H13FN2O. The summed E-state index contributed by atoms with van der Waals surface area (Å²) in [6.07, 6.45) is 4.30. The molecule has 0 saturated carbocycles. The molecule has 0 spiro atoms. The Hall–Kier alpha value is -2.33. The maximum absolute atomic E-state index is 13.3. The van der Waals surface area contributed by atoms with Gasteiger partial charge in [-0.05, 0) is 36.8 Å². The largest absolute Gasteiger partial charge is 0.381 e. The Morgan fingerprint density at radius 1 is 1.10 bits per heavy atom.